The summed E-state index contributed by atoms with van der Waals surface area (Å²) in [6, 6.07) is 13.0. The highest BCUT2D eigenvalue weighted by Gasteiger charge is 2.35. The molecule has 0 bridgehead atoms. The molecule has 30 heavy (non-hydrogen) atoms. The highest BCUT2D eigenvalue weighted by molar-refractivity contribution is 7.89. The summed E-state index contributed by atoms with van der Waals surface area (Å²) in [5, 5.41) is 0.704. The van der Waals surface area contributed by atoms with E-state index in [-0.39, 0.29) is 41.0 Å². The first-order chi connectivity index (χ1) is 14.2. The maximum atomic E-state index is 13.3. The lowest BCUT2D eigenvalue weighted by molar-refractivity contribution is 0.273. The minimum absolute atomic E-state index is 0.0265. The average Bonchev–Trinajstić information content (AvgIpc) is 2.74. The van der Waals surface area contributed by atoms with Gasteiger partial charge in [-0.3, -0.25) is 4.98 Å². The Balaban J connectivity index is 1.60. The van der Waals surface area contributed by atoms with Crippen LogP contribution in [0.5, 0.6) is 0 Å². The van der Waals surface area contributed by atoms with Gasteiger partial charge in [-0.2, -0.15) is 8.61 Å². The van der Waals surface area contributed by atoms with Crippen molar-refractivity contribution in [2.45, 2.75) is 16.7 Å². The fraction of sp³-hybridized carbons (Fsp3) is 0.250. The molecule has 2 heterocycles. The zero-order valence-corrected chi connectivity index (χ0v) is 18.6. The van der Waals surface area contributed by atoms with Crippen molar-refractivity contribution >= 4 is 42.6 Å². The molecule has 2 aromatic carbocycles. The lowest BCUT2D eigenvalue weighted by atomic mass is 10.1. The zero-order valence-electron chi connectivity index (χ0n) is 16.2. The van der Waals surface area contributed by atoms with Crippen LogP contribution in [-0.2, 0) is 20.0 Å². The van der Waals surface area contributed by atoms with Crippen LogP contribution in [-0.4, -0.2) is 56.6 Å². The van der Waals surface area contributed by atoms with E-state index in [1.165, 1.54) is 20.7 Å². The highest BCUT2D eigenvalue weighted by Crippen LogP contribution is 2.29. The third kappa shape index (κ3) is 3.61. The lowest BCUT2D eigenvalue weighted by Crippen LogP contribution is -2.50. The topological polar surface area (TPSA) is 87.7 Å². The van der Waals surface area contributed by atoms with E-state index in [1.807, 2.05) is 6.92 Å². The van der Waals surface area contributed by atoms with Crippen LogP contribution in [0.15, 0.2) is 64.5 Å². The first kappa shape index (κ1) is 21.2. The molecule has 0 amide bonds. The summed E-state index contributed by atoms with van der Waals surface area (Å²) in [6.07, 6.45) is 1.63. The molecule has 4 rings (SSSR count). The first-order valence-electron chi connectivity index (χ1n) is 9.32. The summed E-state index contributed by atoms with van der Waals surface area (Å²) < 4.78 is 55.0. The maximum Gasteiger partial charge on any atom is 0.244 e. The number of rotatable bonds is 4. The van der Waals surface area contributed by atoms with E-state index in [1.54, 1.807) is 42.6 Å². The summed E-state index contributed by atoms with van der Waals surface area (Å²) in [5.41, 5.74) is 1.53. The predicted molar refractivity (Wildman–Crippen MR) is 115 cm³/mol. The van der Waals surface area contributed by atoms with Crippen molar-refractivity contribution in [3.05, 3.63) is 65.3 Å². The second-order valence-corrected chi connectivity index (χ2v) is 11.2. The van der Waals surface area contributed by atoms with Crippen LogP contribution in [0.1, 0.15) is 5.56 Å². The van der Waals surface area contributed by atoms with Crippen LogP contribution in [0, 0.1) is 6.92 Å². The van der Waals surface area contributed by atoms with E-state index in [2.05, 4.69) is 4.98 Å². The molecule has 1 saturated heterocycles. The predicted octanol–water partition coefficient (Wildman–Crippen LogP) is 2.89. The second-order valence-electron chi connectivity index (χ2n) is 7.02. The van der Waals surface area contributed by atoms with Gasteiger partial charge in [0.15, 0.2) is 0 Å². The molecule has 7 nitrogen and oxygen atoms in total. The fourth-order valence-electron chi connectivity index (χ4n) is 3.60. The Morgan fingerprint density at radius 3 is 2.03 bits per heavy atom. The Hall–Kier alpha value is -2.04. The molecule has 3 aromatic rings. The number of pyridine rings is 1. The Bertz CT molecular complexity index is 1320. The average molecular weight is 466 g/mol. The van der Waals surface area contributed by atoms with E-state index in [0.717, 1.165) is 5.56 Å². The van der Waals surface area contributed by atoms with Gasteiger partial charge in [0.05, 0.1) is 15.4 Å². The Morgan fingerprint density at radius 2 is 1.40 bits per heavy atom. The number of nitrogens with zero attached hydrogens (tertiary/aromatic N) is 3. The van der Waals surface area contributed by atoms with Crippen molar-refractivity contribution in [1.29, 1.82) is 0 Å². The molecule has 1 aliphatic rings. The second kappa shape index (κ2) is 7.90. The molecule has 0 radical (unpaired) electrons. The molecule has 0 N–H and O–H groups in total. The van der Waals surface area contributed by atoms with Crippen LogP contribution in [0.25, 0.3) is 10.9 Å². The number of hydrogen-bond donors (Lipinski definition) is 0. The molecule has 0 unspecified atom stereocenters. The minimum atomic E-state index is -3.80. The van der Waals surface area contributed by atoms with Gasteiger partial charge in [0.1, 0.15) is 4.90 Å². The van der Waals surface area contributed by atoms with Crippen molar-refractivity contribution in [3.8, 4) is 0 Å². The van der Waals surface area contributed by atoms with Gasteiger partial charge in [0.25, 0.3) is 0 Å². The van der Waals surface area contributed by atoms with Crippen molar-refractivity contribution < 1.29 is 16.8 Å². The number of hydrogen-bond acceptors (Lipinski definition) is 5. The molecule has 0 aliphatic carbocycles. The zero-order chi connectivity index (χ0) is 21.5. The van der Waals surface area contributed by atoms with Crippen LogP contribution in [0.4, 0.5) is 0 Å². The Kier molecular flexibility index (Phi) is 5.58. The molecule has 0 spiro atoms. The quantitative estimate of drug-likeness (QED) is 0.591. The van der Waals surface area contributed by atoms with Gasteiger partial charge in [-0.1, -0.05) is 29.8 Å². The van der Waals surface area contributed by atoms with E-state index < -0.39 is 20.0 Å². The standard InChI is InChI=1S/C20H20ClN3O4S2/c1-15-8-9-18(16-5-4-10-22-20(15)16)29(25,26)23-11-13-24(14-12-23)30(27,28)19-7-3-2-6-17(19)21/h2-10H,11-14H2,1H3. The van der Waals surface area contributed by atoms with E-state index in [9.17, 15) is 16.8 Å². The fourth-order valence-corrected chi connectivity index (χ4v) is 7.12. The van der Waals surface area contributed by atoms with Crippen LogP contribution >= 0.6 is 11.6 Å². The smallest absolute Gasteiger partial charge is 0.244 e. The minimum Gasteiger partial charge on any atom is -0.256 e. The summed E-state index contributed by atoms with van der Waals surface area (Å²) in [4.78, 5) is 4.51. The van der Waals surface area contributed by atoms with Crippen LogP contribution in [0.3, 0.4) is 0 Å². The van der Waals surface area contributed by atoms with Crippen molar-refractivity contribution in [3.63, 3.8) is 0 Å². The van der Waals surface area contributed by atoms with E-state index in [0.29, 0.717) is 10.9 Å². The molecule has 0 saturated carbocycles. The monoisotopic (exact) mass is 465 g/mol. The van der Waals surface area contributed by atoms with E-state index >= 15 is 0 Å². The molecule has 1 aliphatic heterocycles. The van der Waals surface area contributed by atoms with Gasteiger partial charge in [-0.15, -0.1) is 0 Å². The number of aryl methyl sites for hydroxylation is 1. The van der Waals surface area contributed by atoms with Crippen LogP contribution < -0.4 is 0 Å². The summed E-state index contributed by atoms with van der Waals surface area (Å²) in [6.45, 7) is 2.09. The van der Waals surface area contributed by atoms with Gasteiger partial charge < -0.3 is 0 Å². The first-order valence-corrected chi connectivity index (χ1v) is 12.6. The summed E-state index contributed by atoms with van der Waals surface area (Å²) in [5.74, 6) is 0. The van der Waals surface area contributed by atoms with Crippen molar-refractivity contribution in [1.82, 2.24) is 13.6 Å². The molecule has 1 fully saturated rings. The van der Waals surface area contributed by atoms with Crippen LogP contribution in [0.2, 0.25) is 5.02 Å². The van der Waals surface area contributed by atoms with Gasteiger partial charge in [-0.05, 0) is 42.8 Å². The molecular weight excluding hydrogens is 446 g/mol. The normalized spacial score (nSPS) is 16.7. The highest BCUT2D eigenvalue weighted by atomic mass is 35.5. The largest absolute Gasteiger partial charge is 0.256 e. The SMILES string of the molecule is Cc1ccc(S(=O)(=O)N2CCN(S(=O)(=O)c3ccccc3Cl)CC2)c2cccnc12. The maximum absolute atomic E-state index is 13.3. The molecule has 10 heteroatoms. The van der Waals surface area contributed by atoms with E-state index in [4.69, 9.17) is 11.6 Å². The van der Waals surface area contributed by atoms with Gasteiger partial charge in [-0.25, -0.2) is 16.8 Å². The number of fused-ring (bicyclic) bond motifs is 1. The molecular formula is C20H20ClN3O4S2. The number of piperazine rings is 1. The number of halogens is 1. The molecule has 1 aromatic heterocycles. The summed E-state index contributed by atoms with van der Waals surface area (Å²) in [7, 11) is -7.60. The summed E-state index contributed by atoms with van der Waals surface area (Å²) >= 11 is 6.06. The third-order valence-corrected chi connectivity index (χ3v) is 9.56. The Morgan fingerprint density at radius 1 is 0.800 bits per heavy atom. The number of aromatic nitrogens is 1. The third-order valence-electron chi connectivity index (χ3n) is 5.20. The number of sulfonamides is 2. The Labute approximate surface area is 181 Å². The van der Waals surface area contributed by atoms with Gasteiger partial charge in [0.2, 0.25) is 20.0 Å². The number of benzene rings is 2. The van der Waals surface area contributed by atoms with Gasteiger partial charge in [0, 0.05) is 37.8 Å². The molecule has 158 valence electrons. The van der Waals surface area contributed by atoms with Gasteiger partial charge >= 0.3 is 0 Å². The lowest BCUT2D eigenvalue weighted by Gasteiger charge is -2.33. The van der Waals surface area contributed by atoms with Crippen molar-refractivity contribution in [2.75, 3.05) is 26.2 Å². The molecule has 0 atom stereocenters. The van der Waals surface area contributed by atoms with Crippen molar-refractivity contribution in [2.24, 2.45) is 0 Å².